The summed E-state index contributed by atoms with van der Waals surface area (Å²) in [7, 11) is 2.63. The molecule has 0 amide bonds. The lowest BCUT2D eigenvalue weighted by atomic mass is 9.85. The van der Waals surface area contributed by atoms with Crippen molar-refractivity contribution in [2.75, 3.05) is 14.2 Å². The van der Waals surface area contributed by atoms with Gasteiger partial charge in [-0.1, -0.05) is 44.0 Å². The standard InChI is InChI=1S/C19H12Br2O4/c1-24-17(22)15-16(18(23)25-2)19(15)13-7-9(20)3-5-11(13)12-6-4-10(21)8-14(12)19/h3-8H,1-2H3. The van der Waals surface area contributed by atoms with Gasteiger partial charge >= 0.3 is 11.9 Å². The second-order valence-corrected chi connectivity index (χ2v) is 7.69. The molecule has 2 aromatic rings. The van der Waals surface area contributed by atoms with Gasteiger partial charge in [-0.3, -0.25) is 0 Å². The Morgan fingerprint density at radius 2 is 1.20 bits per heavy atom. The van der Waals surface area contributed by atoms with Gasteiger partial charge in [-0.25, -0.2) is 9.59 Å². The molecule has 0 fully saturated rings. The molecule has 126 valence electrons. The van der Waals surface area contributed by atoms with Crippen LogP contribution in [0.2, 0.25) is 0 Å². The quantitative estimate of drug-likeness (QED) is 0.628. The molecule has 0 unspecified atom stereocenters. The molecule has 0 aromatic heterocycles. The highest BCUT2D eigenvalue weighted by atomic mass is 79.9. The first-order chi connectivity index (χ1) is 12.0. The van der Waals surface area contributed by atoms with E-state index in [1.807, 2.05) is 36.4 Å². The zero-order chi connectivity index (χ0) is 17.9. The van der Waals surface area contributed by atoms with Crippen molar-refractivity contribution < 1.29 is 19.1 Å². The van der Waals surface area contributed by atoms with Crippen molar-refractivity contribution in [2.45, 2.75) is 5.41 Å². The van der Waals surface area contributed by atoms with Crippen LogP contribution in [0.1, 0.15) is 11.1 Å². The van der Waals surface area contributed by atoms with E-state index in [9.17, 15) is 9.59 Å². The summed E-state index contributed by atoms with van der Waals surface area (Å²) >= 11 is 6.98. The van der Waals surface area contributed by atoms with E-state index in [4.69, 9.17) is 9.47 Å². The van der Waals surface area contributed by atoms with Gasteiger partial charge in [-0.2, -0.15) is 0 Å². The van der Waals surface area contributed by atoms with Crippen molar-refractivity contribution in [1.82, 2.24) is 0 Å². The third-order valence-electron chi connectivity index (χ3n) is 4.78. The highest BCUT2D eigenvalue weighted by Gasteiger charge is 2.66. The smallest absolute Gasteiger partial charge is 0.335 e. The van der Waals surface area contributed by atoms with Crippen LogP contribution in [0.3, 0.4) is 0 Å². The van der Waals surface area contributed by atoms with Crippen molar-refractivity contribution in [3.8, 4) is 11.1 Å². The van der Waals surface area contributed by atoms with E-state index in [1.165, 1.54) is 14.2 Å². The highest BCUT2D eigenvalue weighted by Crippen LogP contribution is 2.67. The number of ether oxygens (including phenoxy) is 2. The number of rotatable bonds is 2. The fourth-order valence-corrected chi connectivity index (χ4v) is 4.52. The van der Waals surface area contributed by atoms with Gasteiger partial charge in [-0.15, -0.1) is 0 Å². The van der Waals surface area contributed by atoms with Gasteiger partial charge in [0.1, 0.15) is 0 Å². The maximum atomic E-state index is 12.4. The van der Waals surface area contributed by atoms with Gasteiger partial charge in [0.25, 0.3) is 0 Å². The lowest BCUT2D eigenvalue weighted by Crippen LogP contribution is -2.19. The Morgan fingerprint density at radius 3 is 1.56 bits per heavy atom. The molecule has 4 nitrogen and oxygen atoms in total. The SMILES string of the molecule is COC(=O)C1=C(C(=O)OC)C12c1cc(Br)ccc1-c1ccc(Br)cc12. The summed E-state index contributed by atoms with van der Waals surface area (Å²) in [6.07, 6.45) is 0. The van der Waals surface area contributed by atoms with E-state index in [2.05, 4.69) is 31.9 Å². The molecule has 2 aromatic carbocycles. The Kier molecular flexibility index (Phi) is 3.67. The minimum absolute atomic E-state index is 0.345. The normalized spacial score (nSPS) is 15.7. The van der Waals surface area contributed by atoms with Crippen LogP contribution in [0.25, 0.3) is 11.1 Å². The second kappa shape index (κ2) is 5.54. The summed E-state index contributed by atoms with van der Waals surface area (Å²) in [5.41, 5.74) is 3.54. The van der Waals surface area contributed by atoms with E-state index >= 15 is 0 Å². The third-order valence-corrected chi connectivity index (χ3v) is 5.76. The van der Waals surface area contributed by atoms with E-state index in [1.54, 1.807) is 0 Å². The number of carbonyl (C=O) groups is 2. The topological polar surface area (TPSA) is 52.6 Å². The number of halogens is 2. The first-order valence-corrected chi connectivity index (χ1v) is 9.07. The van der Waals surface area contributed by atoms with Crippen LogP contribution in [-0.2, 0) is 24.5 Å². The molecular formula is C19H12Br2O4. The van der Waals surface area contributed by atoms with Crippen LogP contribution in [0, 0.1) is 0 Å². The molecule has 2 aliphatic carbocycles. The van der Waals surface area contributed by atoms with Crippen molar-refractivity contribution in [3.05, 3.63) is 67.6 Å². The monoisotopic (exact) mass is 462 g/mol. The van der Waals surface area contributed by atoms with Crippen molar-refractivity contribution in [3.63, 3.8) is 0 Å². The molecule has 2 aliphatic rings. The summed E-state index contributed by atoms with van der Waals surface area (Å²) in [6, 6.07) is 11.8. The number of esters is 2. The van der Waals surface area contributed by atoms with Gasteiger partial charge in [0.2, 0.25) is 0 Å². The lowest BCUT2D eigenvalue weighted by Gasteiger charge is -2.16. The number of fused-ring (bicyclic) bond motifs is 5. The van der Waals surface area contributed by atoms with Crippen molar-refractivity contribution in [1.29, 1.82) is 0 Å². The molecule has 0 bridgehead atoms. The minimum atomic E-state index is -0.904. The molecule has 0 saturated carbocycles. The first kappa shape index (κ1) is 16.5. The first-order valence-electron chi connectivity index (χ1n) is 7.49. The number of benzene rings is 2. The molecule has 1 spiro atoms. The van der Waals surface area contributed by atoms with Gasteiger partial charge in [0.15, 0.2) is 0 Å². The van der Waals surface area contributed by atoms with Crippen LogP contribution >= 0.6 is 31.9 Å². The summed E-state index contributed by atoms with van der Waals surface area (Å²) < 4.78 is 11.6. The van der Waals surface area contributed by atoms with Gasteiger partial charge < -0.3 is 9.47 Å². The molecule has 0 aliphatic heterocycles. The molecule has 0 radical (unpaired) electrons. The summed E-state index contributed by atoms with van der Waals surface area (Å²) in [5.74, 6) is -1.03. The number of methoxy groups -OCH3 is 2. The fraction of sp³-hybridized carbons (Fsp3) is 0.158. The van der Waals surface area contributed by atoms with Crippen LogP contribution in [0.5, 0.6) is 0 Å². The summed E-state index contributed by atoms with van der Waals surface area (Å²) in [5, 5.41) is 0. The Hall–Kier alpha value is -1.92. The molecule has 0 heterocycles. The fourth-order valence-electron chi connectivity index (χ4n) is 3.80. The maximum absolute atomic E-state index is 12.4. The van der Waals surface area contributed by atoms with Crippen molar-refractivity contribution >= 4 is 43.8 Å². The number of carbonyl (C=O) groups excluding carboxylic acids is 2. The Morgan fingerprint density at radius 1 is 0.800 bits per heavy atom. The zero-order valence-electron chi connectivity index (χ0n) is 13.4. The Balaban J connectivity index is 2.06. The second-order valence-electron chi connectivity index (χ2n) is 5.86. The van der Waals surface area contributed by atoms with Crippen LogP contribution in [0.15, 0.2) is 56.5 Å². The predicted molar refractivity (Wildman–Crippen MR) is 99.1 cm³/mol. The van der Waals surface area contributed by atoms with Gasteiger partial charge in [-0.05, 0) is 46.5 Å². The van der Waals surface area contributed by atoms with Crippen molar-refractivity contribution in [2.24, 2.45) is 0 Å². The average Bonchev–Trinajstić information content (AvgIpc) is 3.24. The molecule has 0 N–H and O–H groups in total. The predicted octanol–water partition coefficient (Wildman–Crippen LogP) is 4.13. The van der Waals surface area contributed by atoms with Gasteiger partial charge in [0.05, 0.1) is 30.8 Å². The number of hydrogen-bond donors (Lipinski definition) is 0. The maximum Gasteiger partial charge on any atom is 0.335 e. The molecule has 6 heteroatoms. The van der Waals surface area contributed by atoms with Gasteiger partial charge in [0, 0.05) is 8.95 Å². The Labute approximate surface area is 161 Å². The molecule has 25 heavy (non-hydrogen) atoms. The van der Waals surface area contributed by atoms with Crippen LogP contribution in [-0.4, -0.2) is 26.2 Å². The van der Waals surface area contributed by atoms with Crippen LogP contribution < -0.4 is 0 Å². The molecule has 0 atom stereocenters. The largest absolute Gasteiger partial charge is 0.466 e. The average molecular weight is 464 g/mol. The van der Waals surface area contributed by atoms with E-state index < -0.39 is 17.4 Å². The molecule has 0 saturated heterocycles. The molecular weight excluding hydrogens is 452 g/mol. The highest BCUT2D eigenvalue weighted by molar-refractivity contribution is 9.10. The Bertz CT molecular complexity index is 911. The van der Waals surface area contributed by atoms with E-state index in [0.29, 0.717) is 11.1 Å². The third kappa shape index (κ3) is 2.04. The summed E-state index contributed by atoms with van der Waals surface area (Å²) in [4.78, 5) is 24.9. The van der Waals surface area contributed by atoms with E-state index in [-0.39, 0.29) is 0 Å². The number of hydrogen-bond acceptors (Lipinski definition) is 4. The zero-order valence-corrected chi connectivity index (χ0v) is 16.5. The van der Waals surface area contributed by atoms with Crippen LogP contribution in [0.4, 0.5) is 0 Å². The van der Waals surface area contributed by atoms with E-state index in [0.717, 1.165) is 31.2 Å². The summed E-state index contributed by atoms with van der Waals surface area (Å²) in [6.45, 7) is 0. The lowest BCUT2D eigenvalue weighted by molar-refractivity contribution is -0.137. The minimum Gasteiger partial charge on any atom is -0.466 e. The molecule has 4 rings (SSSR count).